The highest BCUT2D eigenvalue weighted by Crippen LogP contribution is 2.37. The molecule has 0 saturated carbocycles. The molecule has 0 aliphatic rings. The van der Waals surface area contributed by atoms with Gasteiger partial charge in [-0.05, 0) is 54.6 Å². The number of ether oxygens (including phenoxy) is 2. The van der Waals surface area contributed by atoms with Crippen LogP contribution in [0.2, 0.25) is 0 Å². The van der Waals surface area contributed by atoms with Crippen LogP contribution in [-0.2, 0) is 0 Å². The highest BCUT2D eigenvalue weighted by Gasteiger charge is 2.13. The van der Waals surface area contributed by atoms with Crippen molar-refractivity contribution in [3.63, 3.8) is 0 Å². The maximum absolute atomic E-state index is 12.5. The molecule has 3 aromatic carbocycles. The molecule has 4 N–H and O–H groups in total. The van der Waals surface area contributed by atoms with Crippen molar-refractivity contribution >= 4 is 39.9 Å². The van der Waals surface area contributed by atoms with Gasteiger partial charge in [0.25, 0.3) is 5.91 Å². The van der Waals surface area contributed by atoms with Gasteiger partial charge in [-0.25, -0.2) is 4.79 Å². The predicted octanol–water partition coefficient (Wildman–Crippen LogP) is 5.46. The SMILES string of the molecule is COc1cccc(NC(=O)Nc2ccc(C(=O)N=Nc3c(O)[nH]c4ccc(OC)cc34)cc2)c1. The van der Waals surface area contributed by atoms with E-state index in [1.165, 1.54) is 19.2 Å². The van der Waals surface area contributed by atoms with Crippen LogP contribution in [0, 0.1) is 0 Å². The summed E-state index contributed by atoms with van der Waals surface area (Å²) >= 11 is 0. The molecule has 0 fully saturated rings. The zero-order valence-electron chi connectivity index (χ0n) is 18.3. The molecule has 172 valence electrons. The van der Waals surface area contributed by atoms with E-state index in [1.807, 2.05) is 0 Å². The lowest BCUT2D eigenvalue weighted by Gasteiger charge is -2.09. The number of carbonyl (C=O) groups is 2. The molecule has 0 radical (unpaired) electrons. The quantitative estimate of drug-likeness (QED) is 0.284. The van der Waals surface area contributed by atoms with Crippen molar-refractivity contribution in [3.05, 3.63) is 72.3 Å². The van der Waals surface area contributed by atoms with Crippen LogP contribution in [0.4, 0.5) is 21.9 Å². The lowest BCUT2D eigenvalue weighted by atomic mass is 10.2. The second-order valence-electron chi connectivity index (χ2n) is 7.13. The number of azo groups is 1. The van der Waals surface area contributed by atoms with E-state index < -0.39 is 11.9 Å². The van der Waals surface area contributed by atoms with E-state index in [4.69, 9.17) is 9.47 Å². The number of hydrogen-bond acceptors (Lipinski definition) is 6. The van der Waals surface area contributed by atoms with Gasteiger partial charge < -0.3 is 30.2 Å². The number of aromatic amines is 1. The standard InChI is InChI=1S/C24H21N5O5/c1-33-17-5-3-4-16(12-17)26-24(32)25-15-8-6-14(7-9-15)22(30)29-28-21-19-13-18(34-2)10-11-20(19)27-23(21)31/h3-13,27,31H,1-2H3,(H2,25,26,32). The minimum Gasteiger partial charge on any atom is -0.497 e. The number of amides is 3. The van der Waals surface area contributed by atoms with E-state index in [1.54, 1.807) is 61.7 Å². The molecular weight excluding hydrogens is 438 g/mol. The number of aromatic hydroxyl groups is 1. The number of rotatable bonds is 6. The first-order chi connectivity index (χ1) is 16.5. The van der Waals surface area contributed by atoms with Crippen molar-refractivity contribution in [2.24, 2.45) is 10.2 Å². The molecular formula is C24H21N5O5. The molecule has 10 heteroatoms. The Morgan fingerprint density at radius 1 is 0.882 bits per heavy atom. The van der Waals surface area contributed by atoms with Gasteiger partial charge in [-0.1, -0.05) is 6.07 Å². The summed E-state index contributed by atoms with van der Waals surface area (Å²) in [6, 6.07) is 17.8. The summed E-state index contributed by atoms with van der Waals surface area (Å²) in [5.74, 6) is 0.383. The monoisotopic (exact) mass is 459 g/mol. The summed E-state index contributed by atoms with van der Waals surface area (Å²) in [7, 11) is 3.07. The number of nitrogens with zero attached hydrogens (tertiary/aromatic N) is 2. The van der Waals surface area contributed by atoms with Crippen LogP contribution in [0.3, 0.4) is 0 Å². The molecule has 4 aromatic rings. The van der Waals surface area contributed by atoms with E-state index >= 15 is 0 Å². The van der Waals surface area contributed by atoms with Crippen LogP contribution < -0.4 is 20.1 Å². The summed E-state index contributed by atoms with van der Waals surface area (Å²) in [5.41, 5.74) is 2.08. The molecule has 3 amide bonds. The zero-order valence-corrected chi connectivity index (χ0v) is 18.3. The third kappa shape index (κ3) is 4.96. The van der Waals surface area contributed by atoms with E-state index in [0.29, 0.717) is 33.8 Å². The number of H-pyrrole nitrogens is 1. The van der Waals surface area contributed by atoms with E-state index in [2.05, 4.69) is 25.8 Å². The lowest BCUT2D eigenvalue weighted by Crippen LogP contribution is -2.19. The van der Waals surface area contributed by atoms with Gasteiger partial charge in [0.15, 0.2) is 5.69 Å². The molecule has 34 heavy (non-hydrogen) atoms. The van der Waals surface area contributed by atoms with Crippen LogP contribution in [0.25, 0.3) is 10.9 Å². The summed E-state index contributed by atoms with van der Waals surface area (Å²) in [5, 5.41) is 23.7. The Bertz CT molecular complexity index is 1380. The first-order valence-electron chi connectivity index (χ1n) is 10.1. The molecule has 0 saturated heterocycles. The molecule has 1 heterocycles. The second-order valence-corrected chi connectivity index (χ2v) is 7.13. The summed E-state index contributed by atoms with van der Waals surface area (Å²) in [6.45, 7) is 0. The van der Waals surface area contributed by atoms with Gasteiger partial charge in [-0.2, -0.15) is 0 Å². The van der Waals surface area contributed by atoms with E-state index in [-0.39, 0.29) is 17.1 Å². The Morgan fingerprint density at radius 2 is 1.59 bits per heavy atom. The lowest BCUT2D eigenvalue weighted by molar-refractivity contribution is 0.0995. The number of anilines is 2. The Labute approximate surface area is 194 Å². The van der Waals surface area contributed by atoms with Gasteiger partial charge >= 0.3 is 6.03 Å². The first kappa shape index (κ1) is 22.3. The fraction of sp³-hybridized carbons (Fsp3) is 0.0833. The normalized spacial score (nSPS) is 10.9. The molecule has 0 aliphatic heterocycles. The highest BCUT2D eigenvalue weighted by atomic mass is 16.5. The molecule has 0 spiro atoms. The summed E-state index contributed by atoms with van der Waals surface area (Å²) in [4.78, 5) is 27.4. The molecule has 0 aliphatic carbocycles. The molecule has 4 rings (SSSR count). The van der Waals surface area contributed by atoms with Crippen molar-refractivity contribution in [2.75, 3.05) is 24.9 Å². The number of methoxy groups -OCH3 is 2. The fourth-order valence-corrected chi connectivity index (χ4v) is 3.21. The summed E-state index contributed by atoms with van der Waals surface area (Å²) < 4.78 is 10.3. The highest BCUT2D eigenvalue weighted by molar-refractivity contribution is 6.01. The molecule has 0 unspecified atom stereocenters. The number of nitrogens with one attached hydrogen (secondary N) is 3. The van der Waals surface area contributed by atoms with Crippen molar-refractivity contribution in [3.8, 4) is 17.4 Å². The third-order valence-corrected chi connectivity index (χ3v) is 4.92. The van der Waals surface area contributed by atoms with Gasteiger partial charge in [0.2, 0.25) is 5.88 Å². The Balaban J connectivity index is 1.42. The average molecular weight is 459 g/mol. The Hall–Kier alpha value is -4.86. The van der Waals surface area contributed by atoms with Gasteiger partial charge in [-0.3, -0.25) is 4.79 Å². The van der Waals surface area contributed by atoms with Crippen molar-refractivity contribution in [1.29, 1.82) is 0 Å². The van der Waals surface area contributed by atoms with Crippen molar-refractivity contribution in [1.82, 2.24) is 4.98 Å². The van der Waals surface area contributed by atoms with Crippen molar-refractivity contribution < 1.29 is 24.2 Å². The minimum atomic E-state index is -0.607. The van der Waals surface area contributed by atoms with Gasteiger partial charge in [0.1, 0.15) is 11.5 Å². The van der Waals surface area contributed by atoms with Crippen LogP contribution in [-0.4, -0.2) is 36.2 Å². The second kappa shape index (κ2) is 9.74. The minimum absolute atomic E-state index is 0.134. The number of carbonyl (C=O) groups excluding carboxylic acids is 2. The largest absolute Gasteiger partial charge is 0.497 e. The number of hydrogen-bond donors (Lipinski definition) is 4. The number of fused-ring (bicyclic) bond motifs is 1. The van der Waals surface area contributed by atoms with Gasteiger partial charge in [0.05, 0.1) is 19.7 Å². The van der Waals surface area contributed by atoms with E-state index in [9.17, 15) is 14.7 Å². The van der Waals surface area contributed by atoms with Crippen LogP contribution in [0.1, 0.15) is 10.4 Å². The zero-order chi connectivity index (χ0) is 24.1. The number of aromatic nitrogens is 1. The maximum atomic E-state index is 12.5. The fourth-order valence-electron chi connectivity index (χ4n) is 3.21. The number of benzene rings is 3. The molecule has 1 aromatic heterocycles. The first-order valence-corrected chi connectivity index (χ1v) is 10.1. The predicted molar refractivity (Wildman–Crippen MR) is 127 cm³/mol. The van der Waals surface area contributed by atoms with Crippen LogP contribution >= 0.6 is 0 Å². The van der Waals surface area contributed by atoms with E-state index in [0.717, 1.165) is 0 Å². The van der Waals surface area contributed by atoms with Crippen molar-refractivity contribution in [2.45, 2.75) is 0 Å². The summed E-state index contributed by atoms with van der Waals surface area (Å²) in [6.07, 6.45) is 0. The Kier molecular flexibility index (Phi) is 6.40. The topological polar surface area (TPSA) is 137 Å². The van der Waals surface area contributed by atoms with Crippen LogP contribution in [0.15, 0.2) is 77.0 Å². The van der Waals surface area contributed by atoms with Gasteiger partial charge in [-0.15, -0.1) is 10.2 Å². The molecule has 0 atom stereocenters. The number of urea groups is 1. The third-order valence-electron chi connectivity index (χ3n) is 4.92. The smallest absolute Gasteiger partial charge is 0.323 e. The molecule has 0 bridgehead atoms. The molecule has 10 nitrogen and oxygen atoms in total. The maximum Gasteiger partial charge on any atom is 0.323 e. The Morgan fingerprint density at radius 3 is 2.32 bits per heavy atom. The van der Waals surface area contributed by atoms with Crippen LogP contribution in [0.5, 0.6) is 17.4 Å². The van der Waals surface area contributed by atoms with Gasteiger partial charge in [0, 0.05) is 28.4 Å². The average Bonchev–Trinajstić information content (AvgIpc) is 3.16.